The summed E-state index contributed by atoms with van der Waals surface area (Å²) in [7, 11) is 0. The predicted octanol–water partition coefficient (Wildman–Crippen LogP) is 7.16. The van der Waals surface area contributed by atoms with Crippen LogP contribution < -0.4 is 0 Å². The molecule has 1 aliphatic carbocycles. The molecule has 0 amide bonds. The topological polar surface area (TPSA) is 0 Å². The minimum atomic E-state index is 0.304. The summed E-state index contributed by atoms with van der Waals surface area (Å²) in [6, 6.07) is 31.2. The normalized spacial score (nSPS) is 20.2. The second kappa shape index (κ2) is 7.91. The van der Waals surface area contributed by atoms with Crippen LogP contribution in [0.3, 0.4) is 0 Å². The minimum Gasteiger partial charge on any atom is -0.0625 e. The summed E-state index contributed by atoms with van der Waals surface area (Å²) < 4.78 is 0. The Morgan fingerprint density at radius 3 is 1.54 bits per heavy atom. The molecule has 1 saturated carbocycles. The summed E-state index contributed by atoms with van der Waals surface area (Å²) in [5.41, 5.74) is 5.63. The van der Waals surface area contributed by atoms with E-state index in [9.17, 15) is 0 Å². The van der Waals surface area contributed by atoms with E-state index in [1.165, 1.54) is 47.9 Å². The largest absolute Gasteiger partial charge is 0.0625 e. The van der Waals surface area contributed by atoms with Gasteiger partial charge in [-0.15, -0.1) is 0 Å². The van der Waals surface area contributed by atoms with E-state index in [2.05, 4.69) is 91.9 Å². The molecule has 0 atom stereocenters. The molecule has 0 unspecified atom stereocenters. The highest BCUT2D eigenvalue weighted by atomic mass is 14.3. The van der Waals surface area contributed by atoms with E-state index in [1.54, 1.807) is 0 Å². The van der Waals surface area contributed by atoms with Gasteiger partial charge in [-0.25, -0.2) is 0 Å². The summed E-state index contributed by atoms with van der Waals surface area (Å²) in [4.78, 5) is 0. The number of hydrogen-bond acceptors (Lipinski definition) is 0. The summed E-state index contributed by atoms with van der Waals surface area (Å²) in [5, 5.41) is 0. The van der Waals surface area contributed by atoms with Gasteiger partial charge in [0, 0.05) is 5.92 Å². The standard InChI is InChI=1S/C26H28/c1-20-12-14-21(15-13-20)22-16-18-25(19-17-22)26(23-8-4-2-5-9-23)24-10-6-3-7-11-24/h2-11,16-21,26H,12-15H2,1H3. The van der Waals surface area contributed by atoms with Gasteiger partial charge < -0.3 is 0 Å². The van der Waals surface area contributed by atoms with Gasteiger partial charge in [0.05, 0.1) is 0 Å². The van der Waals surface area contributed by atoms with Crippen molar-refractivity contribution in [2.45, 2.75) is 44.4 Å². The summed E-state index contributed by atoms with van der Waals surface area (Å²) in [5.74, 6) is 1.97. The number of hydrogen-bond donors (Lipinski definition) is 0. The van der Waals surface area contributed by atoms with Crippen LogP contribution >= 0.6 is 0 Å². The van der Waals surface area contributed by atoms with Crippen LogP contribution in [0, 0.1) is 5.92 Å². The lowest BCUT2D eigenvalue weighted by molar-refractivity contribution is 0.348. The maximum absolute atomic E-state index is 2.39. The average Bonchev–Trinajstić information content (AvgIpc) is 2.71. The zero-order valence-corrected chi connectivity index (χ0v) is 15.6. The van der Waals surface area contributed by atoms with Gasteiger partial charge in [-0.2, -0.15) is 0 Å². The van der Waals surface area contributed by atoms with E-state index >= 15 is 0 Å². The number of rotatable bonds is 4. The van der Waals surface area contributed by atoms with Crippen molar-refractivity contribution in [3.63, 3.8) is 0 Å². The highest BCUT2D eigenvalue weighted by Crippen LogP contribution is 2.37. The van der Waals surface area contributed by atoms with Crippen LogP contribution in [0.25, 0.3) is 0 Å². The van der Waals surface area contributed by atoms with Gasteiger partial charge in [0.25, 0.3) is 0 Å². The first-order valence-electron chi connectivity index (χ1n) is 10.0. The van der Waals surface area contributed by atoms with Crippen molar-refractivity contribution in [2.75, 3.05) is 0 Å². The zero-order valence-electron chi connectivity index (χ0n) is 15.6. The molecule has 0 aromatic heterocycles. The lowest BCUT2D eigenvalue weighted by Crippen LogP contribution is -2.11. The Labute approximate surface area is 157 Å². The van der Waals surface area contributed by atoms with Crippen molar-refractivity contribution in [2.24, 2.45) is 5.92 Å². The third kappa shape index (κ3) is 3.75. The zero-order chi connectivity index (χ0) is 17.8. The molecule has 26 heavy (non-hydrogen) atoms. The monoisotopic (exact) mass is 340 g/mol. The molecule has 1 fully saturated rings. The molecule has 4 rings (SSSR count). The molecule has 0 radical (unpaired) electrons. The molecule has 0 aliphatic heterocycles. The first-order chi connectivity index (χ1) is 12.8. The SMILES string of the molecule is CC1CCC(c2ccc(C(c3ccccc3)c3ccccc3)cc2)CC1. The smallest absolute Gasteiger partial charge is 0.0339 e. The third-order valence-corrected chi connectivity index (χ3v) is 6.02. The Hall–Kier alpha value is -2.34. The molecule has 0 nitrogen and oxygen atoms in total. The van der Waals surface area contributed by atoms with Gasteiger partial charge in [0.2, 0.25) is 0 Å². The van der Waals surface area contributed by atoms with E-state index in [4.69, 9.17) is 0 Å². The summed E-state index contributed by atoms with van der Waals surface area (Å²) in [6.07, 6.45) is 5.45. The van der Waals surface area contributed by atoms with Gasteiger partial charge in [-0.05, 0) is 46.9 Å². The molecule has 0 N–H and O–H groups in total. The van der Waals surface area contributed by atoms with Gasteiger partial charge in [0.15, 0.2) is 0 Å². The van der Waals surface area contributed by atoms with Crippen LogP contribution in [0.2, 0.25) is 0 Å². The van der Waals surface area contributed by atoms with Gasteiger partial charge in [-0.3, -0.25) is 0 Å². The Morgan fingerprint density at radius 1 is 0.577 bits per heavy atom. The van der Waals surface area contributed by atoms with Crippen molar-refractivity contribution in [3.05, 3.63) is 107 Å². The molecule has 1 aliphatic rings. The highest BCUT2D eigenvalue weighted by Gasteiger charge is 2.21. The molecule has 3 aromatic carbocycles. The predicted molar refractivity (Wildman–Crippen MR) is 111 cm³/mol. The molecular formula is C26H28. The van der Waals surface area contributed by atoms with Crippen LogP contribution in [-0.4, -0.2) is 0 Å². The van der Waals surface area contributed by atoms with Gasteiger partial charge in [0.1, 0.15) is 0 Å². The van der Waals surface area contributed by atoms with E-state index in [0.29, 0.717) is 5.92 Å². The second-order valence-corrected chi connectivity index (χ2v) is 7.88. The summed E-state index contributed by atoms with van der Waals surface area (Å²) in [6.45, 7) is 2.39. The lowest BCUT2D eigenvalue weighted by atomic mass is 9.78. The quantitative estimate of drug-likeness (QED) is 0.442. The minimum absolute atomic E-state index is 0.304. The second-order valence-electron chi connectivity index (χ2n) is 7.88. The van der Waals surface area contributed by atoms with E-state index in [1.807, 2.05) is 0 Å². The van der Waals surface area contributed by atoms with E-state index in [0.717, 1.165) is 11.8 Å². The van der Waals surface area contributed by atoms with Crippen LogP contribution in [0.5, 0.6) is 0 Å². The fourth-order valence-electron chi connectivity index (χ4n) is 4.42. The lowest BCUT2D eigenvalue weighted by Gasteiger charge is -2.27. The van der Waals surface area contributed by atoms with Crippen molar-refractivity contribution in [1.82, 2.24) is 0 Å². The fourth-order valence-corrected chi connectivity index (χ4v) is 4.42. The molecule has 0 spiro atoms. The van der Waals surface area contributed by atoms with E-state index in [-0.39, 0.29) is 0 Å². The highest BCUT2D eigenvalue weighted by molar-refractivity contribution is 5.43. The third-order valence-electron chi connectivity index (χ3n) is 6.02. The Kier molecular flexibility index (Phi) is 5.20. The Morgan fingerprint density at radius 2 is 1.04 bits per heavy atom. The van der Waals surface area contributed by atoms with Crippen molar-refractivity contribution in [3.8, 4) is 0 Å². The molecule has 0 bridgehead atoms. The van der Waals surface area contributed by atoms with E-state index < -0.39 is 0 Å². The van der Waals surface area contributed by atoms with Crippen LogP contribution in [0.15, 0.2) is 84.9 Å². The molecule has 3 aromatic rings. The van der Waals surface area contributed by atoms with Crippen molar-refractivity contribution >= 4 is 0 Å². The van der Waals surface area contributed by atoms with Crippen molar-refractivity contribution in [1.29, 1.82) is 0 Å². The first-order valence-corrected chi connectivity index (χ1v) is 10.0. The van der Waals surface area contributed by atoms with Crippen LogP contribution in [-0.2, 0) is 0 Å². The fraction of sp³-hybridized carbons (Fsp3) is 0.308. The molecule has 0 heterocycles. The van der Waals surface area contributed by atoms with Crippen LogP contribution in [0.4, 0.5) is 0 Å². The average molecular weight is 341 g/mol. The van der Waals surface area contributed by atoms with Gasteiger partial charge in [-0.1, -0.05) is 105 Å². The molecule has 0 saturated heterocycles. The van der Waals surface area contributed by atoms with Crippen molar-refractivity contribution < 1.29 is 0 Å². The summed E-state index contributed by atoms with van der Waals surface area (Å²) >= 11 is 0. The Bertz CT molecular complexity index is 754. The number of benzene rings is 3. The molecule has 132 valence electrons. The molecular weight excluding hydrogens is 312 g/mol. The van der Waals surface area contributed by atoms with Gasteiger partial charge >= 0.3 is 0 Å². The van der Waals surface area contributed by atoms with Crippen LogP contribution in [0.1, 0.15) is 66.7 Å². The Balaban J connectivity index is 1.64. The molecule has 0 heteroatoms. The maximum Gasteiger partial charge on any atom is 0.0339 e. The maximum atomic E-state index is 2.39. The first kappa shape index (κ1) is 17.1.